The van der Waals surface area contributed by atoms with E-state index in [2.05, 4.69) is 16.0 Å². The van der Waals surface area contributed by atoms with E-state index in [0.717, 1.165) is 5.56 Å². The van der Waals surface area contributed by atoms with Crippen molar-refractivity contribution in [3.05, 3.63) is 35.9 Å². The standard InChI is InChI=1S/C24H38N4O6/c1-16(2)19(28-23(32)33-15-17-11-7-6-8-12-17)21(30)27-18(20(25)29)13-9-10-14-26-22(31)34-24(3,4)5/h6-8,11-12,16,18-19H,9-10,13-15H2,1-5H3,(H2,25,29)(H,26,31)(H,27,30)(H,28,32)/t18-,19-/m0/s1. The molecule has 0 radical (unpaired) electrons. The van der Waals surface area contributed by atoms with Gasteiger partial charge in [0.15, 0.2) is 0 Å². The molecule has 2 atom stereocenters. The van der Waals surface area contributed by atoms with Gasteiger partial charge in [0, 0.05) is 6.54 Å². The van der Waals surface area contributed by atoms with Gasteiger partial charge in [-0.3, -0.25) is 9.59 Å². The number of hydrogen-bond donors (Lipinski definition) is 4. The largest absolute Gasteiger partial charge is 0.445 e. The first-order valence-electron chi connectivity index (χ1n) is 11.4. The van der Waals surface area contributed by atoms with E-state index in [-0.39, 0.29) is 12.5 Å². The molecule has 34 heavy (non-hydrogen) atoms. The first kappa shape index (κ1) is 28.7. The molecular weight excluding hydrogens is 440 g/mol. The summed E-state index contributed by atoms with van der Waals surface area (Å²) >= 11 is 0. The Morgan fingerprint density at radius 1 is 0.971 bits per heavy atom. The Labute approximate surface area is 201 Å². The number of carbonyl (C=O) groups excluding carboxylic acids is 4. The van der Waals surface area contributed by atoms with Gasteiger partial charge in [0.05, 0.1) is 0 Å². The maximum atomic E-state index is 12.8. The van der Waals surface area contributed by atoms with E-state index in [9.17, 15) is 19.2 Å². The van der Waals surface area contributed by atoms with Crippen molar-refractivity contribution in [2.45, 2.75) is 78.2 Å². The molecule has 0 aliphatic heterocycles. The number of rotatable bonds is 12. The Morgan fingerprint density at radius 3 is 2.18 bits per heavy atom. The highest BCUT2D eigenvalue weighted by molar-refractivity contribution is 5.90. The molecule has 0 saturated carbocycles. The number of nitrogens with one attached hydrogen (secondary N) is 3. The zero-order valence-corrected chi connectivity index (χ0v) is 20.7. The van der Waals surface area contributed by atoms with Gasteiger partial charge in [0.1, 0.15) is 24.3 Å². The average molecular weight is 479 g/mol. The molecule has 0 spiro atoms. The van der Waals surface area contributed by atoms with Crippen LogP contribution in [0.3, 0.4) is 0 Å². The zero-order chi connectivity index (χ0) is 25.7. The molecule has 190 valence electrons. The lowest BCUT2D eigenvalue weighted by Crippen LogP contribution is -2.54. The lowest BCUT2D eigenvalue weighted by Gasteiger charge is -2.24. The molecule has 0 aliphatic rings. The van der Waals surface area contributed by atoms with Gasteiger partial charge in [0.25, 0.3) is 0 Å². The van der Waals surface area contributed by atoms with Crippen LogP contribution < -0.4 is 21.7 Å². The second-order valence-electron chi connectivity index (χ2n) is 9.32. The molecule has 10 nitrogen and oxygen atoms in total. The van der Waals surface area contributed by atoms with Crippen LogP contribution in [-0.4, -0.2) is 48.2 Å². The Morgan fingerprint density at radius 2 is 1.62 bits per heavy atom. The second-order valence-corrected chi connectivity index (χ2v) is 9.32. The summed E-state index contributed by atoms with van der Waals surface area (Å²) in [6, 6.07) is 7.35. The van der Waals surface area contributed by atoms with Crippen molar-refractivity contribution in [3.8, 4) is 0 Å². The highest BCUT2D eigenvalue weighted by Crippen LogP contribution is 2.08. The number of benzene rings is 1. The van der Waals surface area contributed by atoms with Gasteiger partial charge in [-0.2, -0.15) is 0 Å². The SMILES string of the molecule is CC(C)[C@H](NC(=O)OCc1ccccc1)C(=O)N[C@@H](CCCCNC(=O)OC(C)(C)C)C(N)=O. The number of unbranched alkanes of at least 4 members (excludes halogenated alkanes) is 1. The Hall–Kier alpha value is -3.30. The van der Waals surface area contributed by atoms with Gasteiger partial charge in [0.2, 0.25) is 11.8 Å². The number of amides is 4. The lowest BCUT2D eigenvalue weighted by atomic mass is 10.0. The van der Waals surface area contributed by atoms with Gasteiger partial charge in [-0.15, -0.1) is 0 Å². The normalized spacial score (nSPS) is 12.9. The minimum absolute atomic E-state index is 0.0698. The molecule has 0 saturated heterocycles. The summed E-state index contributed by atoms with van der Waals surface area (Å²) in [6.07, 6.45) is 0.137. The van der Waals surface area contributed by atoms with Crippen LogP contribution in [0.25, 0.3) is 0 Å². The van der Waals surface area contributed by atoms with Crippen molar-refractivity contribution in [1.29, 1.82) is 0 Å². The van der Waals surface area contributed by atoms with Crippen molar-refractivity contribution in [3.63, 3.8) is 0 Å². The third-order valence-electron chi connectivity index (χ3n) is 4.68. The quantitative estimate of drug-likeness (QED) is 0.339. The molecular formula is C24H38N4O6. The van der Waals surface area contributed by atoms with Crippen LogP contribution in [0.1, 0.15) is 59.4 Å². The molecule has 4 amide bonds. The van der Waals surface area contributed by atoms with Crippen LogP contribution in [0.4, 0.5) is 9.59 Å². The lowest BCUT2D eigenvalue weighted by molar-refractivity contribution is -0.129. The molecule has 0 unspecified atom stereocenters. The molecule has 1 aromatic carbocycles. The minimum atomic E-state index is -0.905. The van der Waals surface area contributed by atoms with Crippen molar-refractivity contribution < 1.29 is 28.7 Å². The number of nitrogens with two attached hydrogens (primary N) is 1. The Kier molecular flexibility index (Phi) is 11.9. The van der Waals surface area contributed by atoms with E-state index in [4.69, 9.17) is 15.2 Å². The summed E-state index contributed by atoms with van der Waals surface area (Å²) in [4.78, 5) is 48.4. The maximum Gasteiger partial charge on any atom is 0.408 e. The van der Waals surface area contributed by atoms with Crippen LogP contribution in [-0.2, 0) is 25.7 Å². The van der Waals surface area contributed by atoms with E-state index < -0.39 is 41.7 Å². The Balaban J connectivity index is 2.50. The van der Waals surface area contributed by atoms with E-state index >= 15 is 0 Å². The third kappa shape index (κ3) is 12.1. The summed E-state index contributed by atoms with van der Waals surface area (Å²) in [5, 5.41) is 7.80. The second kappa shape index (κ2) is 14.1. The number of alkyl carbamates (subject to hydrolysis) is 2. The minimum Gasteiger partial charge on any atom is -0.445 e. The molecule has 0 aromatic heterocycles. The third-order valence-corrected chi connectivity index (χ3v) is 4.68. The summed E-state index contributed by atoms with van der Waals surface area (Å²) in [5.74, 6) is -1.46. The predicted molar refractivity (Wildman–Crippen MR) is 128 cm³/mol. The summed E-state index contributed by atoms with van der Waals surface area (Å²) in [7, 11) is 0. The molecule has 1 rings (SSSR count). The molecule has 0 bridgehead atoms. The summed E-state index contributed by atoms with van der Waals surface area (Å²) < 4.78 is 10.3. The highest BCUT2D eigenvalue weighted by Gasteiger charge is 2.28. The van der Waals surface area contributed by atoms with Gasteiger partial charge in [-0.1, -0.05) is 44.2 Å². The Bertz CT molecular complexity index is 807. The topological polar surface area (TPSA) is 149 Å². The van der Waals surface area contributed by atoms with Crippen LogP contribution in [0.15, 0.2) is 30.3 Å². The van der Waals surface area contributed by atoms with Crippen LogP contribution in [0.2, 0.25) is 0 Å². The van der Waals surface area contributed by atoms with E-state index in [0.29, 0.717) is 25.8 Å². The molecule has 0 fully saturated rings. The number of primary amides is 1. The predicted octanol–water partition coefficient (Wildman–Crippen LogP) is 2.60. The summed E-state index contributed by atoms with van der Waals surface area (Å²) in [5.41, 5.74) is 5.69. The first-order valence-corrected chi connectivity index (χ1v) is 11.4. The smallest absolute Gasteiger partial charge is 0.408 e. The van der Waals surface area contributed by atoms with Gasteiger partial charge >= 0.3 is 12.2 Å². The van der Waals surface area contributed by atoms with Crippen molar-refractivity contribution >= 4 is 24.0 Å². The number of ether oxygens (including phenoxy) is 2. The van der Waals surface area contributed by atoms with Crippen molar-refractivity contribution in [2.75, 3.05) is 6.54 Å². The van der Waals surface area contributed by atoms with E-state index in [1.54, 1.807) is 34.6 Å². The fourth-order valence-corrected chi connectivity index (χ4v) is 2.95. The molecule has 1 aromatic rings. The van der Waals surface area contributed by atoms with Crippen molar-refractivity contribution in [1.82, 2.24) is 16.0 Å². The highest BCUT2D eigenvalue weighted by atomic mass is 16.6. The van der Waals surface area contributed by atoms with E-state index in [1.807, 2.05) is 30.3 Å². The zero-order valence-electron chi connectivity index (χ0n) is 20.7. The van der Waals surface area contributed by atoms with Crippen LogP contribution in [0.5, 0.6) is 0 Å². The molecule has 0 aliphatic carbocycles. The van der Waals surface area contributed by atoms with E-state index in [1.165, 1.54) is 0 Å². The monoisotopic (exact) mass is 478 g/mol. The maximum absolute atomic E-state index is 12.8. The van der Waals surface area contributed by atoms with Crippen LogP contribution in [0, 0.1) is 5.92 Å². The summed E-state index contributed by atoms with van der Waals surface area (Å²) in [6.45, 7) is 9.28. The molecule has 0 heterocycles. The number of hydrogen-bond acceptors (Lipinski definition) is 6. The van der Waals surface area contributed by atoms with Gasteiger partial charge < -0.3 is 31.2 Å². The fraction of sp³-hybridized carbons (Fsp3) is 0.583. The first-order chi connectivity index (χ1) is 15.9. The van der Waals surface area contributed by atoms with Crippen molar-refractivity contribution in [2.24, 2.45) is 11.7 Å². The average Bonchev–Trinajstić information content (AvgIpc) is 2.74. The van der Waals surface area contributed by atoms with Crippen LogP contribution >= 0.6 is 0 Å². The van der Waals surface area contributed by atoms with Gasteiger partial charge in [-0.25, -0.2) is 9.59 Å². The number of carbonyl (C=O) groups is 4. The molecule has 10 heteroatoms. The molecule has 5 N–H and O–H groups in total. The van der Waals surface area contributed by atoms with Gasteiger partial charge in [-0.05, 0) is 51.5 Å². The fourth-order valence-electron chi connectivity index (χ4n) is 2.95.